The van der Waals surface area contributed by atoms with Crippen LogP contribution < -0.4 is 0 Å². The van der Waals surface area contributed by atoms with Crippen LogP contribution in [-0.4, -0.2) is 0 Å². The molecule has 0 spiro atoms. The first-order valence-corrected chi connectivity index (χ1v) is 13.6. The van der Waals surface area contributed by atoms with E-state index in [-0.39, 0.29) is 0 Å². The second kappa shape index (κ2) is 23.8. The van der Waals surface area contributed by atoms with Crippen LogP contribution in [-0.2, 0) is 0 Å². The van der Waals surface area contributed by atoms with E-state index in [1.54, 1.807) is 0 Å². The molecule has 2 atom stereocenters. The van der Waals surface area contributed by atoms with Crippen LogP contribution in [0.1, 0.15) is 115 Å². The molecule has 2 aromatic carbocycles. The van der Waals surface area contributed by atoms with Gasteiger partial charge in [0.1, 0.15) is 0 Å². The van der Waals surface area contributed by atoms with Crippen LogP contribution >= 0.6 is 0 Å². The molecule has 0 aliphatic heterocycles. The molecule has 2 unspecified atom stereocenters. The molecule has 0 saturated carbocycles. The van der Waals surface area contributed by atoms with Gasteiger partial charge in [-0.25, -0.2) is 0 Å². The predicted octanol–water partition coefficient (Wildman–Crippen LogP) is 11.4. The number of hydrogen-bond acceptors (Lipinski definition) is 0. The molecule has 0 N–H and O–H groups in total. The minimum Gasteiger partial charge on any atom is -0.103 e. The maximum Gasteiger partial charge on any atom is -0.00104 e. The molecule has 0 heterocycles. The van der Waals surface area contributed by atoms with Crippen LogP contribution in [0.4, 0.5) is 0 Å². The molecule has 2 aromatic rings. The summed E-state index contributed by atoms with van der Waals surface area (Å²) in [6.45, 7) is 16.3. The Labute approximate surface area is 212 Å². The van der Waals surface area contributed by atoms with Crippen molar-refractivity contribution in [2.24, 2.45) is 0 Å². The molecular weight excluding hydrogens is 408 g/mol. The van der Waals surface area contributed by atoms with Crippen molar-refractivity contribution in [3.05, 3.63) is 109 Å². The Bertz CT molecular complexity index is 710. The summed E-state index contributed by atoms with van der Waals surface area (Å²) >= 11 is 0. The van der Waals surface area contributed by atoms with Gasteiger partial charge in [-0.1, -0.05) is 151 Å². The van der Waals surface area contributed by atoms with Crippen molar-refractivity contribution in [2.75, 3.05) is 0 Å². The van der Waals surface area contributed by atoms with Crippen molar-refractivity contribution in [1.29, 1.82) is 0 Å². The minimum atomic E-state index is 0.473. The average molecular weight is 461 g/mol. The zero-order valence-corrected chi connectivity index (χ0v) is 22.7. The van der Waals surface area contributed by atoms with Gasteiger partial charge in [0.25, 0.3) is 0 Å². The van der Waals surface area contributed by atoms with Crippen molar-refractivity contribution < 1.29 is 0 Å². The zero-order chi connectivity index (χ0) is 25.3. The second-order valence-electron chi connectivity index (χ2n) is 9.05. The quantitative estimate of drug-likeness (QED) is 0.194. The van der Waals surface area contributed by atoms with E-state index in [1.165, 1.54) is 75.3 Å². The molecule has 0 aliphatic carbocycles. The van der Waals surface area contributed by atoms with Crippen LogP contribution in [0.25, 0.3) is 0 Å². The van der Waals surface area contributed by atoms with Gasteiger partial charge in [-0.05, 0) is 48.6 Å². The van der Waals surface area contributed by atoms with E-state index in [0.29, 0.717) is 11.8 Å². The highest BCUT2D eigenvalue weighted by atomic mass is 14.0. The number of unbranched alkanes of at least 4 members (excludes halogenated alkanes) is 8. The fourth-order valence-electron chi connectivity index (χ4n) is 3.47. The summed E-state index contributed by atoms with van der Waals surface area (Å²) in [5, 5.41) is 0. The molecule has 0 heteroatoms. The number of benzene rings is 2. The van der Waals surface area contributed by atoms with E-state index in [9.17, 15) is 0 Å². The molecule has 188 valence electrons. The molecule has 0 saturated heterocycles. The Morgan fingerprint density at radius 3 is 1.53 bits per heavy atom. The molecule has 2 rings (SSSR count). The molecule has 0 nitrogen and oxygen atoms in total. The third-order valence-corrected chi connectivity index (χ3v) is 5.92. The summed E-state index contributed by atoms with van der Waals surface area (Å²) in [4.78, 5) is 0. The highest BCUT2D eigenvalue weighted by Crippen LogP contribution is 2.16. The molecule has 0 amide bonds. The summed E-state index contributed by atoms with van der Waals surface area (Å²) in [5.41, 5.74) is 2.74. The van der Waals surface area contributed by atoms with Crippen LogP contribution in [0.3, 0.4) is 0 Å². The maximum atomic E-state index is 3.74. The highest BCUT2D eigenvalue weighted by molar-refractivity contribution is 5.23. The van der Waals surface area contributed by atoms with Gasteiger partial charge in [0, 0.05) is 0 Å². The van der Waals surface area contributed by atoms with Crippen molar-refractivity contribution in [2.45, 2.75) is 104 Å². The van der Waals surface area contributed by atoms with Gasteiger partial charge in [0.15, 0.2) is 0 Å². The summed E-state index contributed by atoms with van der Waals surface area (Å²) < 4.78 is 0. The molecule has 0 aliphatic rings. The van der Waals surface area contributed by atoms with Gasteiger partial charge >= 0.3 is 0 Å². The Morgan fingerprint density at radius 2 is 1.09 bits per heavy atom. The topological polar surface area (TPSA) is 0 Å². The normalized spacial score (nSPS) is 12.0. The standard InChI is InChI=1S/C16H24.C10H12.C8H16/c1-3-4-5-6-7-9-12-15(2)16-13-10-8-11-14-16;1-3-9(2)10-7-5-4-6-8-10;1-3-5-7-8-6-4-2/h8-15H,3-7H2,1-2H3;3-9H,1H2,2H3;3H,1,4-8H2,2H3/b12-9+;;. The third-order valence-electron chi connectivity index (χ3n) is 5.92. The Kier molecular flexibility index (Phi) is 22.2. The Balaban J connectivity index is 0.000000520. The lowest BCUT2D eigenvalue weighted by molar-refractivity contribution is 0.673. The van der Waals surface area contributed by atoms with Gasteiger partial charge in [-0.2, -0.15) is 0 Å². The number of allylic oxidation sites excluding steroid dienone is 4. The van der Waals surface area contributed by atoms with Crippen molar-refractivity contribution in [3.8, 4) is 0 Å². The van der Waals surface area contributed by atoms with Crippen LogP contribution in [0.15, 0.2) is 98.1 Å². The van der Waals surface area contributed by atoms with E-state index in [0.717, 1.165) is 0 Å². The van der Waals surface area contributed by atoms with Crippen LogP contribution in [0, 0.1) is 0 Å². The lowest BCUT2D eigenvalue weighted by Gasteiger charge is -2.05. The lowest BCUT2D eigenvalue weighted by atomic mass is 10.0. The molecule has 34 heavy (non-hydrogen) atoms. The molecular formula is C34H52. The second-order valence-corrected chi connectivity index (χ2v) is 9.05. The predicted molar refractivity (Wildman–Crippen MR) is 157 cm³/mol. The van der Waals surface area contributed by atoms with Gasteiger partial charge in [0.05, 0.1) is 0 Å². The first-order valence-electron chi connectivity index (χ1n) is 13.6. The SMILES string of the molecule is C=CC(C)c1ccccc1.C=CCCCCCC.CCCCCC/C=C/C(C)c1ccccc1. The van der Waals surface area contributed by atoms with Gasteiger partial charge < -0.3 is 0 Å². The van der Waals surface area contributed by atoms with E-state index in [4.69, 9.17) is 0 Å². The van der Waals surface area contributed by atoms with Crippen molar-refractivity contribution in [1.82, 2.24) is 0 Å². The Morgan fingerprint density at radius 1 is 0.618 bits per heavy atom. The van der Waals surface area contributed by atoms with Crippen LogP contribution in [0.2, 0.25) is 0 Å². The molecule has 0 bridgehead atoms. The maximum absolute atomic E-state index is 3.74. The summed E-state index contributed by atoms with van der Waals surface area (Å²) in [7, 11) is 0. The first-order chi connectivity index (χ1) is 16.6. The summed E-state index contributed by atoms with van der Waals surface area (Å²) in [6.07, 6.45) is 21.9. The van der Waals surface area contributed by atoms with Gasteiger partial charge in [-0.15, -0.1) is 13.2 Å². The van der Waals surface area contributed by atoms with Crippen molar-refractivity contribution >= 4 is 0 Å². The molecule has 0 aromatic heterocycles. The Hall–Kier alpha value is -2.34. The summed E-state index contributed by atoms with van der Waals surface area (Å²) in [6, 6.07) is 21.1. The first kappa shape index (κ1) is 31.7. The smallest absolute Gasteiger partial charge is 0.00104 e. The number of rotatable bonds is 14. The fourth-order valence-corrected chi connectivity index (χ4v) is 3.47. The fraction of sp³-hybridized carbons (Fsp3) is 0.471. The van der Waals surface area contributed by atoms with Gasteiger partial charge in [-0.3, -0.25) is 0 Å². The van der Waals surface area contributed by atoms with E-state index < -0.39 is 0 Å². The average Bonchev–Trinajstić information content (AvgIpc) is 2.90. The largest absolute Gasteiger partial charge is 0.103 e. The van der Waals surface area contributed by atoms with E-state index in [1.807, 2.05) is 18.2 Å². The zero-order valence-electron chi connectivity index (χ0n) is 22.7. The molecule has 0 fully saturated rings. The highest BCUT2D eigenvalue weighted by Gasteiger charge is 1.98. The van der Waals surface area contributed by atoms with E-state index in [2.05, 4.69) is 108 Å². The van der Waals surface area contributed by atoms with Crippen molar-refractivity contribution in [3.63, 3.8) is 0 Å². The number of hydrogen-bond donors (Lipinski definition) is 0. The lowest BCUT2D eigenvalue weighted by Crippen LogP contribution is -1.87. The third kappa shape index (κ3) is 18.1. The molecule has 0 radical (unpaired) electrons. The van der Waals surface area contributed by atoms with Crippen LogP contribution in [0.5, 0.6) is 0 Å². The minimum absolute atomic E-state index is 0.473. The van der Waals surface area contributed by atoms with E-state index >= 15 is 0 Å². The van der Waals surface area contributed by atoms with Gasteiger partial charge in [0.2, 0.25) is 0 Å². The monoisotopic (exact) mass is 460 g/mol. The summed E-state index contributed by atoms with van der Waals surface area (Å²) in [5.74, 6) is 1.02.